The number of hydrogen-bond acceptors (Lipinski definition) is 4. The molecule has 27 heavy (non-hydrogen) atoms. The predicted octanol–water partition coefficient (Wildman–Crippen LogP) is 4.50. The first-order chi connectivity index (χ1) is 12.9. The largest absolute Gasteiger partial charge is 0.339 e. The summed E-state index contributed by atoms with van der Waals surface area (Å²) in [6, 6.07) is 8.91. The van der Waals surface area contributed by atoms with E-state index in [1.54, 1.807) is 25.1 Å². The van der Waals surface area contributed by atoms with E-state index >= 15 is 0 Å². The van der Waals surface area contributed by atoms with Crippen molar-refractivity contribution in [3.63, 3.8) is 0 Å². The molecule has 8 heteroatoms. The molecule has 0 saturated carbocycles. The average molecular weight is 390 g/mol. The molecular formula is C19H14ClF2N3O2. The van der Waals surface area contributed by atoms with Crippen molar-refractivity contribution in [2.24, 2.45) is 0 Å². The van der Waals surface area contributed by atoms with Crippen LogP contribution in [-0.2, 0) is 4.79 Å². The van der Waals surface area contributed by atoms with Crippen molar-refractivity contribution in [3.8, 4) is 11.4 Å². The number of aryl methyl sites for hydroxylation is 1. The number of carbonyl (C=O) groups excluding carboxylic acids is 1. The van der Waals surface area contributed by atoms with Gasteiger partial charge in [-0.25, -0.2) is 8.78 Å². The number of halogens is 3. The van der Waals surface area contributed by atoms with Gasteiger partial charge in [0, 0.05) is 18.5 Å². The highest BCUT2D eigenvalue weighted by atomic mass is 35.5. The monoisotopic (exact) mass is 389 g/mol. The molecule has 1 saturated heterocycles. The number of rotatable bonds is 3. The maximum Gasteiger partial charge on any atom is 0.232 e. The normalized spacial score (nSPS) is 17.0. The molecule has 1 unspecified atom stereocenters. The van der Waals surface area contributed by atoms with Gasteiger partial charge in [-0.05, 0) is 42.8 Å². The van der Waals surface area contributed by atoms with Gasteiger partial charge in [-0.3, -0.25) is 4.79 Å². The molecule has 138 valence electrons. The van der Waals surface area contributed by atoms with Crippen molar-refractivity contribution in [2.45, 2.75) is 19.3 Å². The molecule has 1 aromatic heterocycles. The average Bonchev–Trinajstić information content (AvgIpc) is 3.25. The molecular weight excluding hydrogens is 376 g/mol. The zero-order valence-electron chi connectivity index (χ0n) is 14.2. The fourth-order valence-electron chi connectivity index (χ4n) is 3.09. The molecule has 1 amide bonds. The lowest BCUT2D eigenvalue weighted by molar-refractivity contribution is -0.117. The highest BCUT2D eigenvalue weighted by Crippen LogP contribution is 2.33. The van der Waals surface area contributed by atoms with Crippen LogP contribution in [0, 0.1) is 18.6 Å². The van der Waals surface area contributed by atoms with Crippen LogP contribution in [0.5, 0.6) is 0 Å². The summed E-state index contributed by atoms with van der Waals surface area (Å²) in [5.41, 5.74) is 1.42. The number of hydrogen-bond donors (Lipinski definition) is 0. The van der Waals surface area contributed by atoms with E-state index in [0.29, 0.717) is 5.56 Å². The van der Waals surface area contributed by atoms with Crippen molar-refractivity contribution in [2.75, 3.05) is 11.4 Å². The third-order valence-corrected chi connectivity index (χ3v) is 4.79. The minimum absolute atomic E-state index is 0.000348. The van der Waals surface area contributed by atoms with Gasteiger partial charge in [-0.2, -0.15) is 4.98 Å². The molecule has 0 N–H and O–H groups in total. The van der Waals surface area contributed by atoms with Gasteiger partial charge in [-0.1, -0.05) is 22.8 Å². The van der Waals surface area contributed by atoms with Crippen LogP contribution in [0.25, 0.3) is 11.4 Å². The lowest BCUT2D eigenvalue weighted by Gasteiger charge is -2.17. The molecule has 2 heterocycles. The highest BCUT2D eigenvalue weighted by Gasteiger charge is 2.36. The minimum atomic E-state index is -0.586. The minimum Gasteiger partial charge on any atom is -0.339 e. The van der Waals surface area contributed by atoms with Crippen molar-refractivity contribution >= 4 is 23.2 Å². The molecule has 5 nitrogen and oxygen atoms in total. The van der Waals surface area contributed by atoms with E-state index in [2.05, 4.69) is 10.1 Å². The molecule has 0 radical (unpaired) electrons. The second kappa shape index (κ2) is 6.74. The highest BCUT2D eigenvalue weighted by molar-refractivity contribution is 6.30. The summed E-state index contributed by atoms with van der Waals surface area (Å²) in [6.45, 7) is 2.01. The first-order valence-electron chi connectivity index (χ1n) is 8.28. The number of anilines is 1. The van der Waals surface area contributed by atoms with Crippen LogP contribution in [0.3, 0.4) is 0 Å². The number of nitrogens with zero attached hydrogens (tertiary/aromatic N) is 3. The summed E-state index contributed by atoms with van der Waals surface area (Å²) < 4.78 is 33.1. The molecule has 1 aliphatic rings. The van der Waals surface area contributed by atoms with E-state index in [-0.39, 0.29) is 47.2 Å². The van der Waals surface area contributed by atoms with Gasteiger partial charge in [0.1, 0.15) is 11.6 Å². The molecule has 1 atom stereocenters. The Balaban J connectivity index is 1.57. The summed E-state index contributed by atoms with van der Waals surface area (Å²) in [6.07, 6.45) is 0.129. The van der Waals surface area contributed by atoms with Crippen LogP contribution >= 0.6 is 11.6 Å². The molecule has 1 fully saturated rings. The maximum atomic E-state index is 14.2. The molecule has 0 spiro atoms. The number of carbonyl (C=O) groups is 1. The van der Waals surface area contributed by atoms with Gasteiger partial charge < -0.3 is 9.42 Å². The third kappa shape index (κ3) is 3.30. The third-order valence-electron chi connectivity index (χ3n) is 4.49. The summed E-state index contributed by atoms with van der Waals surface area (Å²) in [5.74, 6) is -1.17. The standard InChI is InChI=1S/C19H14ClF2N3O2/c1-10-2-5-16(15(22)6-10)25-9-12(8-17(25)26)19-23-18(24-27-19)11-3-4-13(20)14(21)7-11/h2-7,12H,8-9H2,1H3. The first-order valence-corrected chi connectivity index (χ1v) is 8.65. The van der Waals surface area contributed by atoms with Crippen LogP contribution in [-0.4, -0.2) is 22.6 Å². The second-order valence-electron chi connectivity index (χ2n) is 6.45. The summed E-state index contributed by atoms with van der Waals surface area (Å²) >= 11 is 5.68. The van der Waals surface area contributed by atoms with E-state index in [0.717, 1.165) is 5.56 Å². The maximum absolute atomic E-state index is 14.2. The smallest absolute Gasteiger partial charge is 0.232 e. The van der Waals surface area contributed by atoms with Gasteiger partial charge in [0.05, 0.1) is 16.6 Å². The van der Waals surface area contributed by atoms with Crippen LogP contribution in [0.4, 0.5) is 14.5 Å². The summed E-state index contributed by atoms with van der Waals surface area (Å²) in [5, 5.41) is 3.85. The fraction of sp³-hybridized carbons (Fsp3) is 0.211. The zero-order chi connectivity index (χ0) is 19.1. The van der Waals surface area contributed by atoms with E-state index in [4.69, 9.17) is 16.1 Å². The Labute approximate surface area is 158 Å². The summed E-state index contributed by atoms with van der Waals surface area (Å²) in [4.78, 5) is 18.0. The zero-order valence-corrected chi connectivity index (χ0v) is 15.0. The first kappa shape index (κ1) is 17.6. The summed E-state index contributed by atoms with van der Waals surface area (Å²) in [7, 11) is 0. The van der Waals surface area contributed by atoms with E-state index in [9.17, 15) is 13.6 Å². The van der Waals surface area contributed by atoms with Gasteiger partial charge in [0.25, 0.3) is 0 Å². The van der Waals surface area contributed by atoms with E-state index in [1.807, 2.05) is 0 Å². The SMILES string of the molecule is Cc1ccc(N2CC(c3nc(-c4ccc(Cl)c(F)c4)no3)CC2=O)c(F)c1. The van der Waals surface area contributed by atoms with Gasteiger partial charge in [0.15, 0.2) is 0 Å². The van der Waals surface area contributed by atoms with Crippen molar-refractivity contribution in [1.29, 1.82) is 0 Å². The predicted molar refractivity (Wildman–Crippen MR) is 95.6 cm³/mol. The van der Waals surface area contributed by atoms with Gasteiger partial charge in [-0.15, -0.1) is 0 Å². The lowest BCUT2D eigenvalue weighted by Crippen LogP contribution is -2.25. The Bertz CT molecular complexity index is 1040. The van der Waals surface area contributed by atoms with Crippen molar-refractivity contribution < 1.29 is 18.1 Å². The van der Waals surface area contributed by atoms with Gasteiger partial charge >= 0.3 is 0 Å². The topological polar surface area (TPSA) is 59.2 Å². The van der Waals surface area contributed by atoms with Gasteiger partial charge in [0.2, 0.25) is 17.6 Å². The van der Waals surface area contributed by atoms with Crippen LogP contribution in [0.2, 0.25) is 5.02 Å². The Morgan fingerprint density at radius 2 is 2.00 bits per heavy atom. The molecule has 2 aromatic carbocycles. The fourth-order valence-corrected chi connectivity index (χ4v) is 3.21. The molecule has 0 bridgehead atoms. The number of amides is 1. The van der Waals surface area contributed by atoms with Crippen LogP contribution in [0.15, 0.2) is 40.9 Å². The van der Waals surface area contributed by atoms with E-state index in [1.165, 1.54) is 23.1 Å². The van der Waals surface area contributed by atoms with Crippen molar-refractivity contribution in [1.82, 2.24) is 10.1 Å². The van der Waals surface area contributed by atoms with Crippen LogP contribution < -0.4 is 4.90 Å². The molecule has 4 rings (SSSR count). The second-order valence-corrected chi connectivity index (χ2v) is 6.85. The van der Waals surface area contributed by atoms with E-state index < -0.39 is 11.6 Å². The number of benzene rings is 2. The number of aromatic nitrogens is 2. The Hall–Kier alpha value is -2.80. The molecule has 3 aromatic rings. The Kier molecular flexibility index (Phi) is 4.39. The quantitative estimate of drug-likeness (QED) is 0.662. The van der Waals surface area contributed by atoms with Crippen molar-refractivity contribution in [3.05, 3.63) is 64.5 Å². The van der Waals surface area contributed by atoms with Crippen LogP contribution in [0.1, 0.15) is 23.8 Å². The Morgan fingerprint density at radius 1 is 1.19 bits per heavy atom. The molecule has 0 aliphatic carbocycles. The Morgan fingerprint density at radius 3 is 2.74 bits per heavy atom. The molecule has 1 aliphatic heterocycles. The lowest BCUT2D eigenvalue weighted by atomic mass is 10.1.